The summed E-state index contributed by atoms with van der Waals surface area (Å²) < 4.78 is 5.53. The van der Waals surface area contributed by atoms with Gasteiger partial charge in [0.05, 0.1) is 0 Å². The van der Waals surface area contributed by atoms with Gasteiger partial charge in [-0.1, -0.05) is 26.0 Å². The van der Waals surface area contributed by atoms with E-state index in [2.05, 4.69) is 36.4 Å². The van der Waals surface area contributed by atoms with Gasteiger partial charge in [0.25, 0.3) is 5.91 Å². The largest absolute Gasteiger partial charge is 0.484 e. The number of aliphatic imine (C=N–C) groups is 1. The Kier molecular flexibility index (Phi) is 11.2. The monoisotopic (exact) mass is 462 g/mol. The van der Waals surface area contributed by atoms with E-state index in [0.717, 1.165) is 11.5 Å². The summed E-state index contributed by atoms with van der Waals surface area (Å²) in [5.74, 6) is 1.91. The molecule has 1 amide bonds. The lowest BCUT2D eigenvalue weighted by Crippen LogP contribution is -2.43. The van der Waals surface area contributed by atoms with Gasteiger partial charge in [0.2, 0.25) is 0 Å². The number of carbonyl (C=O) groups excluding carboxylic acids is 1. The molecule has 1 unspecified atom stereocenters. The topological polar surface area (TPSA) is 66.0 Å². The molecule has 1 atom stereocenters. The van der Waals surface area contributed by atoms with Crippen LogP contribution in [0.4, 0.5) is 0 Å². The molecule has 7 heteroatoms. The highest BCUT2D eigenvalue weighted by atomic mass is 127. The molecule has 0 aliphatic rings. The highest BCUT2D eigenvalue weighted by molar-refractivity contribution is 14.0. The highest BCUT2D eigenvalue weighted by Gasteiger charge is 2.09. The standard InChI is InChI=1S/C18H30N4O2.HI/c1-13(2)14(3)21-18(19-4)20-11-15-8-7-9-16(10-15)24-12-17(23)22(5)6;/h7-10,13-14H,11-12H2,1-6H3,(H2,19,20,21);1H. The minimum Gasteiger partial charge on any atom is -0.484 e. The lowest BCUT2D eigenvalue weighted by atomic mass is 10.1. The molecule has 25 heavy (non-hydrogen) atoms. The number of rotatable bonds is 7. The van der Waals surface area contributed by atoms with Crippen LogP contribution in [0, 0.1) is 5.92 Å². The number of likely N-dealkylation sites (N-methyl/N-ethyl adjacent to an activating group) is 1. The Morgan fingerprint density at radius 3 is 2.52 bits per heavy atom. The van der Waals surface area contributed by atoms with Gasteiger partial charge in [-0.05, 0) is 30.5 Å². The maximum absolute atomic E-state index is 11.6. The van der Waals surface area contributed by atoms with E-state index in [9.17, 15) is 4.79 Å². The molecule has 0 radical (unpaired) electrons. The molecule has 1 aromatic rings. The Morgan fingerprint density at radius 1 is 1.28 bits per heavy atom. The molecule has 0 saturated heterocycles. The number of amides is 1. The molecule has 0 aliphatic carbocycles. The molecule has 0 bridgehead atoms. The van der Waals surface area contributed by atoms with Gasteiger partial charge in [0, 0.05) is 33.7 Å². The highest BCUT2D eigenvalue weighted by Crippen LogP contribution is 2.13. The Balaban J connectivity index is 0.00000576. The molecule has 0 spiro atoms. The molecule has 0 aromatic heterocycles. The average molecular weight is 462 g/mol. The molecule has 0 fully saturated rings. The van der Waals surface area contributed by atoms with Gasteiger partial charge >= 0.3 is 0 Å². The van der Waals surface area contributed by atoms with Crippen molar-refractivity contribution in [3.63, 3.8) is 0 Å². The van der Waals surface area contributed by atoms with Crippen LogP contribution in [0.2, 0.25) is 0 Å². The lowest BCUT2D eigenvalue weighted by Gasteiger charge is -2.20. The van der Waals surface area contributed by atoms with Crippen molar-refractivity contribution in [2.24, 2.45) is 10.9 Å². The van der Waals surface area contributed by atoms with E-state index >= 15 is 0 Å². The number of nitrogens with one attached hydrogen (secondary N) is 2. The van der Waals surface area contributed by atoms with E-state index < -0.39 is 0 Å². The van der Waals surface area contributed by atoms with Crippen LogP contribution in [0.15, 0.2) is 29.3 Å². The Hall–Kier alpha value is -1.51. The Labute approximate surface area is 168 Å². The Bertz CT molecular complexity index is 562. The second kappa shape index (κ2) is 11.9. The fraction of sp³-hybridized carbons (Fsp3) is 0.556. The van der Waals surface area contributed by atoms with Crippen LogP contribution in [0.25, 0.3) is 0 Å². The SMILES string of the molecule is CN=C(NCc1cccc(OCC(=O)N(C)C)c1)NC(C)C(C)C.I. The van der Waals surface area contributed by atoms with Crippen LogP contribution in [0.1, 0.15) is 26.3 Å². The first kappa shape index (κ1) is 23.5. The molecule has 1 aromatic carbocycles. The van der Waals surface area contributed by atoms with Crippen LogP contribution in [0.3, 0.4) is 0 Å². The molecular formula is C18H31IN4O2. The van der Waals surface area contributed by atoms with Crippen molar-refractivity contribution in [2.75, 3.05) is 27.7 Å². The van der Waals surface area contributed by atoms with E-state index in [0.29, 0.717) is 24.3 Å². The summed E-state index contributed by atoms with van der Waals surface area (Å²) in [6.45, 7) is 7.14. The molecule has 2 N–H and O–H groups in total. The second-order valence-corrected chi connectivity index (χ2v) is 6.33. The third-order valence-electron chi connectivity index (χ3n) is 3.81. The molecule has 0 saturated carbocycles. The van der Waals surface area contributed by atoms with E-state index in [1.54, 1.807) is 21.1 Å². The molecule has 1 rings (SSSR count). The third-order valence-corrected chi connectivity index (χ3v) is 3.81. The first-order chi connectivity index (χ1) is 11.3. The number of nitrogens with zero attached hydrogens (tertiary/aromatic N) is 2. The fourth-order valence-electron chi connectivity index (χ4n) is 1.78. The van der Waals surface area contributed by atoms with Gasteiger partial charge in [-0.2, -0.15) is 0 Å². The van der Waals surface area contributed by atoms with Crippen molar-refractivity contribution < 1.29 is 9.53 Å². The predicted molar refractivity (Wildman–Crippen MR) is 114 cm³/mol. The normalized spacial score (nSPS) is 12.2. The molecule has 142 valence electrons. The summed E-state index contributed by atoms with van der Waals surface area (Å²) >= 11 is 0. The van der Waals surface area contributed by atoms with E-state index in [1.165, 1.54) is 4.90 Å². The van der Waals surface area contributed by atoms with Crippen molar-refractivity contribution in [3.05, 3.63) is 29.8 Å². The van der Waals surface area contributed by atoms with Crippen molar-refractivity contribution in [1.82, 2.24) is 15.5 Å². The zero-order valence-electron chi connectivity index (χ0n) is 16.0. The zero-order valence-corrected chi connectivity index (χ0v) is 18.3. The van der Waals surface area contributed by atoms with Crippen LogP contribution in [0.5, 0.6) is 5.75 Å². The summed E-state index contributed by atoms with van der Waals surface area (Å²) in [5.41, 5.74) is 1.06. The molecular weight excluding hydrogens is 431 g/mol. The number of guanidine groups is 1. The number of ether oxygens (including phenoxy) is 1. The lowest BCUT2D eigenvalue weighted by molar-refractivity contribution is -0.130. The third kappa shape index (κ3) is 8.94. The van der Waals surface area contributed by atoms with E-state index in [1.807, 2.05) is 24.3 Å². The van der Waals surface area contributed by atoms with Gasteiger partial charge in [-0.15, -0.1) is 24.0 Å². The van der Waals surface area contributed by atoms with E-state index in [-0.39, 0.29) is 36.5 Å². The number of halogens is 1. The quantitative estimate of drug-likeness (QED) is 0.371. The number of carbonyl (C=O) groups is 1. The summed E-state index contributed by atoms with van der Waals surface area (Å²) in [5, 5.41) is 6.65. The number of hydrogen-bond acceptors (Lipinski definition) is 3. The molecule has 0 heterocycles. The van der Waals surface area contributed by atoms with Crippen LogP contribution in [-0.2, 0) is 11.3 Å². The van der Waals surface area contributed by atoms with Gasteiger partial charge in [0.15, 0.2) is 12.6 Å². The van der Waals surface area contributed by atoms with Gasteiger partial charge in [-0.25, -0.2) is 0 Å². The smallest absolute Gasteiger partial charge is 0.259 e. The summed E-state index contributed by atoms with van der Waals surface area (Å²) in [7, 11) is 5.18. The summed E-state index contributed by atoms with van der Waals surface area (Å²) in [4.78, 5) is 17.3. The minimum absolute atomic E-state index is 0. The van der Waals surface area contributed by atoms with Crippen LogP contribution < -0.4 is 15.4 Å². The van der Waals surface area contributed by atoms with Crippen LogP contribution >= 0.6 is 24.0 Å². The molecule has 6 nitrogen and oxygen atoms in total. The van der Waals surface area contributed by atoms with Crippen molar-refractivity contribution in [3.8, 4) is 5.75 Å². The summed E-state index contributed by atoms with van der Waals surface area (Å²) in [6, 6.07) is 8.03. The van der Waals surface area contributed by atoms with Crippen molar-refractivity contribution in [2.45, 2.75) is 33.4 Å². The van der Waals surface area contributed by atoms with E-state index in [4.69, 9.17) is 4.74 Å². The Morgan fingerprint density at radius 2 is 1.96 bits per heavy atom. The second-order valence-electron chi connectivity index (χ2n) is 6.33. The maximum Gasteiger partial charge on any atom is 0.259 e. The summed E-state index contributed by atoms with van der Waals surface area (Å²) in [6.07, 6.45) is 0. The minimum atomic E-state index is -0.0641. The van der Waals surface area contributed by atoms with Crippen molar-refractivity contribution in [1.29, 1.82) is 0 Å². The molecule has 0 aliphatic heterocycles. The zero-order chi connectivity index (χ0) is 18.1. The van der Waals surface area contributed by atoms with Gasteiger partial charge < -0.3 is 20.3 Å². The number of hydrogen-bond donors (Lipinski definition) is 2. The average Bonchev–Trinajstić information content (AvgIpc) is 2.56. The first-order valence-electron chi connectivity index (χ1n) is 8.22. The predicted octanol–water partition coefficient (Wildman–Crippen LogP) is 2.48. The maximum atomic E-state index is 11.6. The van der Waals surface area contributed by atoms with Gasteiger partial charge in [0.1, 0.15) is 5.75 Å². The van der Waals surface area contributed by atoms with Crippen LogP contribution in [-0.4, -0.2) is 50.6 Å². The first-order valence-corrected chi connectivity index (χ1v) is 8.22. The fourth-order valence-corrected chi connectivity index (χ4v) is 1.78. The number of benzene rings is 1. The van der Waals surface area contributed by atoms with Crippen molar-refractivity contribution >= 4 is 35.8 Å². The van der Waals surface area contributed by atoms with Gasteiger partial charge in [-0.3, -0.25) is 9.79 Å².